The largest absolute Gasteiger partial charge is 0.490 e. The van der Waals surface area contributed by atoms with Crippen molar-refractivity contribution in [1.82, 2.24) is 9.97 Å². The monoisotopic (exact) mass is 478 g/mol. The summed E-state index contributed by atoms with van der Waals surface area (Å²) in [6.07, 6.45) is -1.31. The van der Waals surface area contributed by atoms with Crippen LogP contribution in [0.5, 0.6) is 0 Å². The van der Waals surface area contributed by atoms with Gasteiger partial charge < -0.3 is 15.3 Å². The third-order valence-corrected chi connectivity index (χ3v) is 5.72. The molecule has 0 fully saturated rings. The maximum atomic E-state index is 12.6. The molecule has 4 rings (SSSR count). The Labute approximate surface area is 191 Å². The zero-order valence-electron chi connectivity index (χ0n) is 17.6. The van der Waals surface area contributed by atoms with Crippen molar-refractivity contribution in [3.8, 4) is 0 Å². The van der Waals surface area contributed by atoms with Gasteiger partial charge >= 0.3 is 12.1 Å². The molecule has 0 spiro atoms. The minimum Gasteiger partial charge on any atom is -0.475 e. The number of hydrogen-bond acceptors (Lipinski definition) is 6. The van der Waals surface area contributed by atoms with Crippen LogP contribution in [0.2, 0.25) is 0 Å². The van der Waals surface area contributed by atoms with E-state index in [4.69, 9.17) is 9.90 Å². The van der Waals surface area contributed by atoms with E-state index in [0.29, 0.717) is 5.01 Å². The molecule has 174 valence electrons. The number of hydrogen-bond donors (Lipinski definition) is 2. The van der Waals surface area contributed by atoms with Crippen molar-refractivity contribution in [3.05, 3.63) is 69.8 Å². The quantitative estimate of drug-likeness (QED) is 0.565. The minimum atomic E-state index is -5.08. The number of aryl methyl sites for hydroxylation is 2. The van der Waals surface area contributed by atoms with Crippen LogP contribution in [0.4, 0.5) is 24.7 Å². The number of fused-ring (bicyclic) bond motifs is 1. The number of aliphatic carboxylic acids is 1. The van der Waals surface area contributed by atoms with Crippen molar-refractivity contribution in [3.63, 3.8) is 0 Å². The Morgan fingerprint density at radius 3 is 2.55 bits per heavy atom. The van der Waals surface area contributed by atoms with E-state index >= 15 is 0 Å². The highest BCUT2D eigenvalue weighted by molar-refractivity contribution is 7.14. The molecule has 3 aromatic rings. The predicted molar refractivity (Wildman–Crippen MR) is 119 cm³/mol. The van der Waals surface area contributed by atoms with Crippen LogP contribution < -0.4 is 10.2 Å². The summed E-state index contributed by atoms with van der Waals surface area (Å²) in [4.78, 5) is 33.8. The first-order valence-electron chi connectivity index (χ1n) is 9.96. The summed E-state index contributed by atoms with van der Waals surface area (Å²) in [6, 6.07) is 14.0. The first-order valence-corrected chi connectivity index (χ1v) is 10.8. The molecule has 0 radical (unpaired) electrons. The number of nitrogens with one attached hydrogen (secondary N) is 1. The first-order chi connectivity index (χ1) is 15.6. The van der Waals surface area contributed by atoms with E-state index in [1.165, 1.54) is 21.8 Å². The second-order valence-electron chi connectivity index (χ2n) is 7.22. The van der Waals surface area contributed by atoms with Crippen molar-refractivity contribution in [2.75, 3.05) is 16.8 Å². The van der Waals surface area contributed by atoms with Gasteiger partial charge in [0.15, 0.2) is 5.01 Å². The molecule has 2 aromatic heterocycles. The number of carboxylic acids is 1. The summed E-state index contributed by atoms with van der Waals surface area (Å²) in [5.41, 5.74) is 2.87. The minimum absolute atomic E-state index is 0.158. The molecule has 33 heavy (non-hydrogen) atoms. The predicted octanol–water partition coefficient (Wildman–Crippen LogP) is 4.68. The number of amides is 1. The molecule has 0 aliphatic carbocycles. The molecule has 1 aromatic carbocycles. The molecule has 11 heteroatoms. The van der Waals surface area contributed by atoms with Crippen LogP contribution in [-0.2, 0) is 17.8 Å². The fourth-order valence-electron chi connectivity index (χ4n) is 3.15. The number of nitrogens with zero attached hydrogens (tertiary/aromatic N) is 3. The van der Waals surface area contributed by atoms with Crippen LogP contribution >= 0.6 is 11.3 Å². The number of carboxylic acid groups (broad SMARTS) is 1. The highest BCUT2D eigenvalue weighted by Gasteiger charge is 2.38. The molecule has 2 N–H and O–H groups in total. The Bertz CT molecular complexity index is 1120. The number of rotatable bonds is 4. The summed E-state index contributed by atoms with van der Waals surface area (Å²) in [7, 11) is 0. The lowest BCUT2D eigenvalue weighted by atomic mass is 10.1. The van der Waals surface area contributed by atoms with Crippen LogP contribution in [0.15, 0.2) is 48.7 Å². The highest BCUT2D eigenvalue weighted by atomic mass is 32.1. The van der Waals surface area contributed by atoms with E-state index in [-0.39, 0.29) is 5.91 Å². The Hall–Kier alpha value is -3.47. The highest BCUT2D eigenvalue weighted by Crippen LogP contribution is 2.33. The molecule has 1 amide bonds. The number of alkyl halides is 3. The number of aromatic nitrogens is 2. The van der Waals surface area contributed by atoms with Gasteiger partial charge in [-0.15, -0.1) is 11.3 Å². The average Bonchev–Trinajstić information content (AvgIpc) is 3.20. The van der Waals surface area contributed by atoms with Crippen molar-refractivity contribution in [2.45, 2.75) is 32.5 Å². The van der Waals surface area contributed by atoms with E-state index in [0.717, 1.165) is 43.1 Å². The fourth-order valence-corrected chi connectivity index (χ4v) is 4.17. The molecule has 7 nitrogen and oxygen atoms in total. The molecule has 3 heterocycles. The maximum absolute atomic E-state index is 12.6. The van der Waals surface area contributed by atoms with Crippen molar-refractivity contribution < 1.29 is 27.9 Å². The first kappa shape index (κ1) is 24.2. The number of thiazole rings is 1. The molecule has 0 saturated carbocycles. The third kappa shape index (κ3) is 6.75. The van der Waals surface area contributed by atoms with E-state index in [1.807, 2.05) is 19.1 Å². The Kier molecular flexibility index (Phi) is 7.64. The SMILES string of the molecule is Cc1cc(NC(=O)c2nc3c(s2)CCCN3Cc2ccccc2)ccn1.O=C(O)C(F)(F)F. The summed E-state index contributed by atoms with van der Waals surface area (Å²) >= 11 is 1.50. The van der Waals surface area contributed by atoms with Gasteiger partial charge in [-0.05, 0) is 37.5 Å². The van der Waals surface area contributed by atoms with Gasteiger partial charge in [-0.3, -0.25) is 9.78 Å². The Morgan fingerprint density at radius 2 is 1.91 bits per heavy atom. The molecule has 0 unspecified atom stereocenters. The molecule has 0 atom stereocenters. The van der Waals surface area contributed by atoms with Crippen molar-refractivity contribution in [2.24, 2.45) is 0 Å². The molecule has 1 aliphatic rings. The van der Waals surface area contributed by atoms with Gasteiger partial charge in [0, 0.05) is 35.5 Å². The van der Waals surface area contributed by atoms with Crippen LogP contribution in [0.3, 0.4) is 0 Å². The third-order valence-electron chi connectivity index (χ3n) is 4.62. The zero-order chi connectivity index (χ0) is 24.0. The number of carbonyl (C=O) groups excluding carboxylic acids is 1. The maximum Gasteiger partial charge on any atom is 0.490 e. The number of benzene rings is 1. The number of halogens is 3. The normalized spacial score (nSPS) is 12.9. The number of anilines is 2. The van der Waals surface area contributed by atoms with Crippen LogP contribution in [0.1, 0.15) is 32.4 Å². The van der Waals surface area contributed by atoms with Gasteiger partial charge in [-0.1, -0.05) is 30.3 Å². The summed E-state index contributed by atoms with van der Waals surface area (Å²) in [5, 5.41) is 10.6. The summed E-state index contributed by atoms with van der Waals surface area (Å²) in [6.45, 7) is 3.69. The standard InChI is InChI=1S/C20H20N4OS.C2HF3O2/c1-14-12-16(9-10-21-14)22-19(25)20-23-18-17(26-20)8-5-11-24(18)13-15-6-3-2-4-7-15;3-2(4,5)1(6)7/h2-4,6-7,9-10,12H,5,8,11,13H2,1H3,(H,21,22,25);(H,6,7). The van der Waals surface area contributed by atoms with Gasteiger partial charge in [0.25, 0.3) is 5.91 Å². The lowest BCUT2D eigenvalue weighted by Crippen LogP contribution is -2.28. The van der Waals surface area contributed by atoms with Gasteiger partial charge in [0.2, 0.25) is 0 Å². The van der Waals surface area contributed by atoms with E-state index in [2.05, 4.69) is 44.5 Å². The number of pyridine rings is 1. The van der Waals surface area contributed by atoms with Crippen molar-refractivity contribution in [1.29, 1.82) is 0 Å². The Balaban J connectivity index is 0.000000383. The second-order valence-corrected chi connectivity index (χ2v) is 8.30. The number of carbonyl (C=O) groups is 2. The van der Waals surface area contributed by atoms with E-state index in [9.17, 15) is 18.0 Å². The van der Waals surface area contributed by atoms with E-state index < -0.39 is 12.1 Å². The second kappa shape index (κ2) is 10.4. The van der Waals surface area contributed by atoms with Gasteiger partial charge in [0.1, 0.15) is 5.82 Å². The molecule has 0 bridgehead atoms. The van der Waals surface area contributed by atoms with Gasteiger partial charge in [0.05, 0.1) is 0 Å². The lowest BCUT2D eigenvalue weighted by molar-refractivity contribution is -0.192. The Morgan fingerprint density at radius 1 is 1.21 bits per heavy atom. The smallest absolute Gasteiger partial charge is 0.475 e. The summed E-state index contributed by atoms with van der Waals surface area (Å²) in [5.74, 6) is -1.96. The molecule has 1 aliphatic heterocycles. The van der Waals surface area contributed by atoms with Crippen LogP contribution in [0, 0.1) is 6.92 Å². The van der Waals surface area contributed by atoms with Crippen LogP contribution in [-0.4, -0.2) is 39.7 Å². The molecular weight excluding hydrogens is 457 g/mol. The topological polar surface area (TPSA) is 95.4 Å². The molecule has 0 saturated heterocycles. The van der Waals surface area contributed by atoms with E-state index in [1.54, 1.807) is 12.3 Å². The summed E-state index contributed by atoms with van der Waals surface area (Å²) < 4.78 is 31.7. The lowest BCUT2D eigenvalue weighted by Gasteiger charge is -2.27. The van der Waals surface area contributed by atoms with Crippen molar-refractivity contribution >= 4 is 34.7 Å². The average molecular weight is 478 g/mol. The van der Waals surface area contributed by atoms with Gasteiger partial charge in [-0.25, -0.2) is 9.78 Å². The molecular formula is C22H21F3N4O3S. The van der Waals surface area contributed by atoms with Crippen LogP contribution in [0.25, 0.3) is 0 Å². The zero-order valence-corrected chi connectivity index (χ0v) is 18.4. The van der Waals surface area contributed by atoms with Gasteiger partial charge in [-0.2, -0.15) is 13.2 Å². The fraction of sp³-hybridized carbons (Fsp3) is 0.273.